The molecule has 1 atom stereocenters. The van der Waals surface area contributed by atoms with Crippen molar-refractivity contribution in [2.45, 2.75) is 12.3 Å². The van der Waals surface area contributed by atoms with Crippen LogP contribution in [0.2, 0.25) is 0 Å². The van der Waals surface area contributed by atoms with E-state index in [1.807, 2.05) is 36.4 Å². The summed E-state index contributed by atoms with van der Waals surface area (Å²) in [7, 11) is 0. The van der Waals surface area contributed by atoms with Crippen LogP contribution in [0.3, 0.4) is 0 Å². The predicted octanol–water partition coefficient (Wildman–Crippen LogP) is 1.52. The molecule has 0 spiro atoms. The van der Waals surface area contributed by atoms with Crippen LogP contribution < -0.4 is 11.5 Å². The fourth-order valence-electron chi connectivity index (χ4n) is 2.05. The van der Waals surface area contributed by atoms with Crippen LogP contribution >= 0.6 is 0 Å². The molecular weight excluding hydrogens is 238 g/mol. The average molecular weight is 255 g/mol. The number of anilines is 1. The van der Waals surface area contributed by atoms with E-state index in [1.165, 1.54) is 0 Å². The molecule has 4 nitrogen and oxygen atoms in total. The molecule has 0 fully saturated rings. The lowest BCUT2D eigenvalue weighted by Crippen LogP contribution is -2.23. The standard InChI is InChI=1S/C15H17N3O/c16-10-13(11-5-2-1-3-6-11)14(19)9-12-7-4-8-18-15(12)17/h1-8,13H,9-10,16H2,(H2,17,18). The first-order valence-corrected chi connectivity index (χ1v) is 6.19. The molecule has 1 heterocycles. The highest BCUT2D eigenvalue weighted by Crippen LogP contribution is 2.19. The number of aromatic nitrogens is 1. The van der Waals surface area contributed by atoms with Gasteiger partial charge in [-0.05, 0) is 11.6 Å². The van der Waals surface area contributed by atoms with Crippen molar-refractivity contribution in [1.82, 2.24) is 4.98 Å². The first-order valence-electron chi connectivity index (χ1n) is 6.19. The first-order chi connectivity index (χ1) is 9.22. The van der Waals surface area contributed by atoms with Crippen molar-refractivity contribution in [1.29, 1.82) is 0 Å². The maximum absolute atomic E-state index is 12.3. The molecule has 1 aromatic carbocycles. The molecule has 2 rings (SSSR count). The zero-order valence-electron chi connectivity index (χ0n) is 10.6. The molecule has 98 valence electrons. The molecular formula is C15H17N3O. The maximum atomic E-state index is 12.3. The monoisotopic (exact) mass is 255 g/mol. The summed E-state index contributed by atoms with van der Waals surface area (Å²) < 4.78 is 0. The largest absolute Gasteiger partial charge is 0.383 e. The summed E-state index contributed by atoms with van der Waals surface area (Å²) in [4.78, 5) is 16.3. The van der Waals surface area contributed by atoms with E-state index >= 15 is 0 Å². The molecule has 0 aliphatic rings. The van der Waals surface area contributed by atoms with Crippen LogP contribution in [-0.4, -0.2) is 17.3 Å². The second-order valence-electron chi connectivity index (χ2n) is 4.39. The number of carbonyl (C=O) groups excluding carboxylic acids is 1. The topological polar surface area (TPSA) is 82.0 Å². The highest BCUT2D eigenvalue weighted by molar-refractivity contribution is 5.88. The van der Waals surface area contributed by atoms with Crippen molar-refractivity contribution in [3.63, 3.8) is 0 Å². The number of hydrogen-bond acceptors (Lipinski definition) is 4. The summed E-state index contributed by atoms with van der Waals surface area (Å²) in [6, 6.07) is 13.2. The Hall–Kier alpha value is -2.20. The number of Topliss-reactive ketones (excluding diaryl/α,β-unsaturated/α-hetero) is 1. The molecule has 1 unspecified atom stereocenters. The molecule has 19 heavy (non-hydrogen) atoms. The van der Waals surface area contributed by atoms with Crippen LogP contribution in [-0.2, 0) is 11.2 Å². The van der Waals surface area contributed by atoms with Gasteiger partial charge in [-0.25, -0.2) is 4.98 Å². The van der Waals surface area contributed by atoms with Crippen LogP contribution in [0, 0.1) is 0 Å². The molecule has 0 amide bonds. The lowest BCUT2D eigenvalue weighted by molar-refractivity contribution is -0.119. The Kier molecular flexibility index (Phi) is 4.26. The number of nitrogens with zero attached hydrogens (tertiary/aromatic N) is 1. The first kappa shape index (κ1) is 13.2. The third-order valence-corrected chi connectivity index (χ3v) is 3.12. The number of carbonyl (C=O) groups is 1. The fraction of sp³-hybridized carbons (Fsp3) is 0.200. The van der Waals surface area contributed by atoms with Crippen molar-refractivity contribution in [2.75, 3.05) is 12.3 Å². The summed E-state index contributed by atoms with van der Waals surface area (Å²) >= 11 is 0. The number of benzene rings is 1. The minimum absolute atomic E-state index is 0.0633. The lowest BCUT2D eigenvalue weighted by Gasteiger charge is -2.14. The maximum Gasteiger partial charge on any atom is 0.146 e. The van der Waals surface area contributed by atoms with Gasteiger partial charge in [0.1, 0.15) is 11.6 Å². The number of hydrogen-bond donors (Lipinski definition) is 2. The lowest BCUT2D eigenvalue weighted by atomic mass is 9.91. The normalized spacial score (nSPS) is 12.1. The van der Waals surface area contributed by atoms with Gasteiger partial charge in [0.05, 0.1) is 5.92 Å². The molecule has 0 radical (unpaired) electrons. The van der Waals surface area contributed by atoms with Crippen LogP contribution in [0.4, 0.5) is 5.82 Å². The molecule has 2 aromatic rings. The third-order valence-electron chi connectivity index (χ3n) is 3.12. The molecule has 0 aliphatic heterocycles. The molecule has 4 heteroatoms. The van der Waals surface area contributed by atoms with Crippen molar-refractivity contribution < 1.29 is 4.79 Å². The molecule has 0 saturated heterocycles. The number of pyridine rings is 1. The summed E-state index contributed by atoms with van der Waals surface area (Å²) in [5.74, 6) is 0.175. The summed E-state index contributed by atoms with van der Waals surface area (Å²) in [6.45, 7) is 0.295. The van der Waals surface area contributed by atoms with E-state index in [1.54, 1.807) is 12.3 Å². The summed E-state index contributed by atoms with van der Waals surface area (Å²) in [6.07, 6.45) is 1.87. The number of ketones is 1. The van der Waals surface area contributed by atoms with Crippen molar-refractivity contribution in [2.24, 2.45) is 5.73 Å². The van der Waals surface area contributed by atoms with E-state index in [0.717, 1.165) is 11.1 Å². The Bertz CT molecular complexity index is 554. The van der Waals surface area contributed by atoms with Crippen molar-refractivity contribution >= 4 is 11.6 Å². The van der Waals surface area contributed by atoms with Crippen LogP contribution in [0.25, 0.3) is 0 Å². The molecule has 4 N–H and O–H groups in total. The van der Waals surface area contributed by atoms with Gasteiger partial charge in [-0.1, -0.05) is 36.4 Å². The van der Waals surface area contributed by atoms with Gasteiger partial charge in [-0.2, -0.15) is 0 Å². The zero-order valence-corrected chi connectivity index (χ0v) is 10.6. The van der Waals surface area contributed by atoms with E-state index in [2.05, 4.69) is 4.98 Å². The van der Waals surface area contributed by atoms with Crippen LogP contribution in [0.1, 0.15) is 17.0 Å². The predicted molar refractivity (Wildman–Crippen MR) is 75.6 cm³/mol. The van der Waals surface area contributed by atoms with Gasteiger partial charge in [0.15, 0.2) is 0 Å². The second kappa shape index (κ2) is 6.11. The van der Waals surface area contributed by atoms with E-state index in [-0.39, 0.29) is 18.1 Å². The quantitative estimate of drug-likeness (QED) is 0.848. The molecule has 0 bridgehead atoms. The molecule has 1 aromatic heterocycles. The van der Waals surface area contributed by atoms with Gasteiger partial charge < -0.3 is 11.5 Å². The Morgan fingerprint density at radius 2 is 1.89 bits per heavy atom. The highest BCUT2D eigenvalue weighted by atomic mass is 16.1. The third kappa shape index (κ3) is 3.17. The van der Waals surface area contributed by atoms with Gasteiger partial charge in [0, 0.05) is 24.7 Å². The molecule has 0 saturated carbocycles. The Morgan fingerprint density at radius 3 is 2.53 bits per heavy atom. The number of nitrogens with two attached hydrogens (primary N) is 2. The van der Waals surface area contributed by atoms with Gasteiger partial charge >= 0.3 is 0 Å². The van der Waals surface area contributed by atoms with Gasteiger partial charge in [0.2, 0.25) is 0 Å². The van der Waals surface area contributed by atoms with Gasteiger partial charge in [0.25, 0.3) is 0 Å². The Labute approximate surface area is 112 Å². The summed E-state index contributed by atoms with van der Waals surface area (Å²) in [5.41, 5.74) is 13.2. The SMILES string of the molecule is NCC(C(=O)Cc1cccnc1N)c1ccccc1. The minimum atomic E-state index is -0.291. The van der Waals surface area contributed by atoms with Gasteiger partial charge in [-0.3, -0.25) is 4.79 Å². The van der Waals surface area contributed by atoms with E-state index in [4.69, 9.17) is 11.5 Å². The fourth-order valence-corrected chi connectivity index (χ4v) is 2.05. The van der Waals surface area contributed by atoms with Crippen molar-refractivity contribution in [3.8, 4) is 0 Å². The van der Waals surface area contributed by atoms with Crippen molar-refractivity contribution in [3.05, 3.63) is 59.8 Å². The Balaban J connectivity index is 2.17. The Morgan fingerprint density at radius 1 is 1.16 bits per heavy atom. The van der Waals surface area contributed by atoms with Crippen LogP contribution in [0.15, 0.2) is 48.7 Å². The van der Waals surface area contributed by atoms with E-state index in [9.17, 15) is 4.79 Å². The van der Waals surface area contributed by atoms with Crippen LogP contribution in [0.5, 0.6) is 0 Å². The van der Waals surface area contributed by atoms with Gasteiger partial charge in [-0.15, -0.1) is 0 Å². The minimum Gasteiger partial charge on any atom is -0.383 e. The van der Waals surface area contributed by atoms with E-state index < -0.39 is 0 Å². The molecule has 0 aliphatic carbocycles. The average Bonchev–Trinajstić information content (AvgIpc) is 2.43. The number of rotatable bonds is 5. The summed E-state index contributed by atoms with van der Waals surface area (Å²) in [5, 5.41) is 0. The zero-order chi connectivity index (χ0) is 13.7. The van der Waals surface area contributed by atoms with E-state index in [0.29, 0.717) is 12.4 Å². The highest BCUT2D eigenvalue weighted by Gasteiger charge is 2.19. The number of nitrogen functional groups attached to an aromatic ring is 1. The smallest absolute Gasteiger partial charge is 0.146 e. The second-order valence-corrected chi connectivity index (χ2v) is 4.39.